The molecule has 6 rings (SSSR count). The first-order valence-electron chi connectivity index (χ1n) is 13.1. The fourth-order valence-electron chi connectivity index (χ4n) is 10.3. The van der Waals surface area contributed by atoms with E-state index in [0.717, 1.165) is 23.7 Å². The Morgan fingerprint density at radius 3 is 2.70 bits per heavy atom. The molecule has 5 nitrogen and oxygen atoms in total. The van der Waals surface area contributed by atoms with E-state index in [1.165, 1.54) is 57.6 Å². The highest BCUT2D eigenvalue weighted by Gasteiger charge is 2.77. The molecule has 0 saturated heterocycles. The van der Waals surface area contributed by atoms with E-state index in [0.29, 0.717) is 34.2 Å². The first-order chi connectivity index (χ1) is 15.7. The molecule has 5 aliphatic carbocycles. The molecular weight excluding hydrogens is 412 g/mol. The molecule has 5 fully saturated rings. The Morgan fingerprint density at radius 1 is 1.15 bits per heavy atom. The Hall–Kier alpha value is -1.62. The second kappa shape index (κ2) is 7.19. The van der Waals surface area contributed by atoms with Gasteiger partial charge in [0.25, 0.3) is 0 Å². The summed E-state index contributed by atoms with van der Waals surface area (Å²) in [6, 6.07) is 1.67. The standard InChI is InChI=1S/C28H40N2O3/c1-16(33-19-11-17(25(29)31)14-30-15-19)21-5-6-22-20-12-24(32-4)28-13-18(28)7-10-27(28,3)23(20)8-9-26(21,22)2/h11,14-16,18,20-24H,5-10,12-13H2,1-4H3,(H2,29,31)/p-1/t16-,18?,20-,21+,22-,23-,24?,26+,27+,28-/m0/s1. The summed E-state index contributed by atoms with van der Waals surface area (Å²) in [6.45, 7) is 7.37. The summed E-state index contributed by atoms with van der Waals surface area (Å²) in [5.74, 6) is 3.69. The van der Waals surface area contributed by atoms with Crippen LogP contribution in [-0.2, 0) is 4.74 Å². The first-order valence-corrected chi connectivity index (χ1v) is 13.1. The van der Waals surface area contributed by atoms with Crippen LogP contribution in [0.3, 0.4) is 0 Å². The van der Waals surface area contributed by atoms with Crippen molar-refractivity contribution in [2.45, 2.75) is 84.3 Å². The summed E-state index contributed by atoms with van der Waals surface area (Å²) >= 11 is 0. The largest absolute Gasteiger partial charge is 0.859 e. The minimum Gasteiger partial charge on any atom is -0.859 e. The van der Waals surface area contributed by atoms with Crippen molar-refractivity contribution in [3.8, 4) is 5.75 Å². The van der Waals surface area contributed by atoms with E-state index in [4.69, 9.17) is 14.9 Å². The average molecular weight is 452 g/mol. The lowest BCUT2D eigenvalue weighted by molar-refractivity contribution is -0.214. The van der Waals surface area contributed by atoms with Gasteiger partial charge in [-0.15, -0.1) is 0 Å². The van der Waals surface area contributed by atoms with Crippen LogP contribution in [0.25, 0.3) is 0 Å². The molecule has 1 spiro atoms. The van der Waals surface area contributed by atoms with Gasteiger partial charge in [-0.1, -0.05) is 13.8 Å². The van der Waals surface area contributed by atoms with Gasteiger partial charge in [0.15, 0.2) is 0 Å². The van der Waals surface area contributed by atoms with E-state index in [9.17, 15) is 5.11 Å². The van der Waals surface area contributed by atoms with Crippen molar-refractivity contribution in [1.29, 1.82) is 5.41 Å². The van der Waals surface area contributed by atoms with E-state index in [2.05, 4.69) is 25.8 Å². The third kappa shape index (κ3) is 2.81. The van der Waals surface area contributed by atoms with Gasteiger partial charge in [-0.2, -0.15) is 0 Å². The van der Waals surface area contributed by atoms with Crippen LogP contribution in [0.15, 0.2) is 18.5 Å². The third-order valence-corrected chi connectivity index (χ3v) is 11.8. The van der Waals surface area contributed by atoms with Gasteiger partial charge in [0.05, 0.1) is 18.4 Å². The fourth-order valence-corrected chi connectivity index (χ4v) is 10.3. The van der Waals surface area contributed by atoms with Crippen LogP contribution in [0.4, 0.5) is 0 Å². The highest BCUT2D eigenvalue weighted by atomic mass is 16.5. The summed E-state index contributed by atoms with van der Waals surface area (Å²) in [5, 5.41) is 18.8. The fraction of sp³-hybridized carbons (Fsp3) is 0.786. The number of ether oxygens (including phenoxy) is 2. The van der Waals surface area contributed by atoms with Gasteiger partial charge in [-0.3, -0.25) is 4.98 Å². The van der Waals surface area contributed by atoms with Gasteiger partial charge in [0, 0.05) is 30.2 Å². The van der Waals surface area contributed by atoms with Gasteiger partial charge in [-0.25, -0.2) is 0 Å². The Balaban J connectivity index is 1.24. The van der Waals surface area contributed by atoms with Crippen molar-refractivity contribution in [3.05, 3.63) is 24.0 Å². The molecule has 5 aliphatic rings. The smallest absolute Gasteiger partial charge is 0.138 e. The number of methoxy groups -OCH3 is 1. The molecule has 1 heterocycles. The quantitative estimate of drug-likeness (QED) is 0.514. The van der Waals surface area contributed by atoms with Crippen LogP contribution < -0.4 is 9.84 Å². The van der Waals surface area contributed by atoms with Crippen molar-refractivity contribution in [2.75, 3.05) is 7.11 Å². The predicted octanol–water partition coefficient (Wildman–Crippen LogP) is 4.82. The lowest BCUT2D eigenvalue weighted by Gasteiger charge is -2.61. The molecular formula is C28H39N2O3-. The number of aromatic nitrogens is 1. The summed E-state index contributed by atoms with van der Waals surface area (Å²) in [7, 11) is 1.97. The van der Waals surface area contributed by atoms with E-state index in [1.807, 2.05) is 7.11 Å². The molecule has 5 heteroatoms. The third-order valence-electron chi connectivity index (χ3n) is 11.8. The monoisotopic (exact) mass is 451 g/mol. The second-order valence-electron chi connectivity index (χ2n) is 12.5. The summed E-state index contributed by atoms with van der Waals surface area (Å²) in [6.07, 6.45) is 14.3. The molecule has 1 aromatic heterocycles. The van der Waals surface area contributed by atoms with E-state index < -0.39 is 5.90 Å². The summed E-state index contributed by atoms with van der Waals surface area (Å²) in [5.41, 5.74) is 1.54. The van der Waals surface area contributed by atoms with Crippen molar-refractivity contribution in [2.24, 2.45) is 45.8 Å². The maximum atomic E-state index is 11.5. The molecule has 33 heavy (non-hydrogen) atoms. The zero-order valence-corrected chi connectivity index (χ0v) is 20.6. The molecule has 5 saturated carbocycles. The Bertz CT molecular complexity index is 966. The van der Waals surface area contributed by atoms with Crippen molar-refractivity contribution in [3.63, 3.8) is 0 Å². The van der Waals surface area contributed by atoms with Gasteiger partial charge in [-0.05, 0) is 105 Å². The molecule has 10 atom stereocenters. The van der Waals surface area contributed by atoms with Crippen LogP contribution in [0, 0.1) is 51.2 Å². The van der Waals surface area contributed by atoms with E-state index in [-0.39, 0.29) is 11.5 Å². The second-order valence-corrected chi connectivity index (χ2v) is 12.5. The van der Waals surface area contributed by atoms with E-state index >= 15 is 0 Å². The van der Waals surface area contributed by atoms with Crippen molar-refractivity contribution in [1.82, 2.24) is 4.98 Å². The van der Waals surface area contributed by atoms with Gasteiger partial charge < -0.3 is 20.0 Å². The molecule has 0 radical (unpaired) electrons. The molecule has 1 N–H and O–H groups in total. The number of pyridine rings is 1. The van der Waals surface area contributed by atoms with Gasteiger partial charge in [0.1, 0.15) is 5.75 Å². The topological polar surface area (TPSA) is 78.3 Å². The molecule has 0 amide bonds. The maximum absolute atomic E-state index is 11.5. The molecule has 1 aromatic rings. The van der Waals surface area contributed by atoms with Gasteiger partial charge >= 0.3 is 0 Å². The number of nitrogens with zero attached hydrogens (tertiary/aromatic N) is 1. The molecule has 0 bridgehead atoms. The first kappa shape index (κ1) is 21.9. The summed E-state index contributed by atoms with van der Waals surface area (Å²) < 4.78 is 12.6. The highest BCUT2D eigenvalue weighted by molar-refractivity contribution is 5.87. The molecule has 0 aromatic carbocycles. The number of nitrogens with one attached hydrogen (secondary N) is 1. The Kier molecular flexibility index (Phi) is 4.77. The zero-order chi connectivity index (χ0) is 23.2. The lowest BCUT2D eigenvalue weighted by atomic mass is 9.45. The zero-order valence-electron chi connectivity index (χ0n) is 20.6. The van der Waals surface area contributed by atoms with Crippen LogP contribution in [-0.4, -0.2) is 30.2 Å². The minimum atomic E-state index is -0.715. The minimum absolute atomic E-state index is 0.0671. The Morgan fingerprint density at radius 2 is 1.97 bits per heavy atom. The average Bonchev–Trinajstić information content (AvgIpc) is 3.29. The maximum Gasteiger partial charge on any atom is 0.138 e. The van der Waals surface area contributed by atoms with Crippen LogP contribution in [0.1, 0.15) is 77.7 Å². The highest BCUT2D eigenvalue weighted by Crippen LogP contribution is 2.82. The predicted molar refractivity (Wildman–Crippen MR) is 125 cm³/mol. The van der Waals surface area contributed by atoms with E-state index in [1.54, 1.807) is 12.3 Å². The van der Waals surface area contributed by atoms with Crippen molar-refractivity contribution >= 4 is 5.90 Å². The van der Waals surface area contributed by atoms with Crippen LogP contribution in [0.2, 0.25) is 0 Å². The SMILES string of the molecule is COC1C[C@H]2[C@@H]3CC[C@H]([C@H](C)Oc4cncc(C(=N)[O-])c4)[C@@]3(C)CC[C@@H]2[C@@]2(C)CCC3C[C@]312. The van der Waals surface area contributed by atoms with Crippen LogP contribution in [0.5, 0.6) is 5.75 Å². The number of fused-ring (bicyclic) bond motifs is 4. The molecule has 0 aliphatic heterocycles. The lowest BCUT2D eigenvalue weighted by Crippen LogP contribution is -2.57. The number of hydrogen-bond acceptors (Lipinski definition) is 5. The van der Waals surface area contributed by atoms with Crippen molar-refractivity contribution < 1.29 is 14.6 Å². The molecule has 2 unspecified atom stereocenters. The molecule has 180 valence electrons. The van der Waals surface area contributed by atoms with Gasteiger partial charge in [0.2, 0.25) is 0 Å². The van der Waals surface area contributed by atoms with Crippen LogP contribution >= 0.6 is 0 Å². The summed E-state index contributed by atoms with van der Waals surface area (Å²) in [4.78, 5) is 4.13. The Labute approximate surface area is 198 Å². The number of rotatable bonds is 5. The normalized spacial score (nSPS) is 48.2. The number of hydrogen-bond donors (Lipinski definition) is 1.